The Morgan fingerprint density at radius 1 is 1.41 bits per heavy atom. The second-order valence-corrected chi connectivity index (χ2v) is 7.55. The van der Waals surface area contributed by atoms with Crippen molar-refractivity contribution in [2.75, 3.05) is 20.2 Å². The fourth-order valence-corrected chi connectivity index (χ4v) is 4.98. The molecule has 0 aromatic heterocycles. The Kier molecular flexibility index (Phi) is 6.67. The third-order valence-electron chi connectivity index (χ3n) is 4.21. The van der Waals surface area contributed by atoms with Gasteiger partial charge < -0.3 is 10.5 Å². The standard InChI is InChI=1S/C15H24N2O3S.ClH/c1-11-6-7-14(20-3)15(9-11)21(18,19)17-8-4-5-12(2)13(17)10-16;/h6-7,9,12-13H,4-5,8,10,16H2,1-3H3;1H. The molecule has 0 bridgehead atoms. The van der Waals surface area contributed by atoms with Crippen LogP contribution in [-0.2, 0) is 10.0 Å². The molecule has 2 atom stereocenters. The van der Waals surface area contributed by atoms with Crippen LogP contribution in [0.4, 0.5) is 0 Å². The Morgan fingerprint density at radius 3 is 2.68 bits per heavy atom. The van der Waals surface area contributed by atoms with Gasteiger partial charge in [0, 0.05) is 19.1 Å². The van der Waals surface area contributed by atoms with Crippen molar-refractivity contribution >= 4 is 22.4 Å². The van der Waals surface area contributed by atoms with Gasteiger partial charge in [-0.25, -0.2) is 8.42 Å². The van der Waals surface area contributed by atoms with E-state index < -0.39 is 10.0 Å². The molecule has 1 aliphatic rings. The van der Waals surface area contributed by atoms with E-state index in [2.05, 4.69) is 6.92 Å². The first-order valence-corrected chi connectivity index (χ1v) is 8.72. The first-order valence-electron chi connectivity index (χ1n) is 7.28. The fraction of sp³-hybridized carbons (Fsp3) is 0.600. The molecule has 0 saturated carbocycles. The second kappa shape index (κ2) is 7.64. The van der Waals surface area contributed by atoms with Crippen LogP contribution >= 0.6 is 12.4 Å². The second-order valence-electron chi connectivity index (χ2n) is 5.69. The maximum Gasteiger partial charge on any atom is 0.247 e. The van der Waals surface area contributed by atoms with Crippen molar-refractivity contribution in [3.63, 3.8) is 0 Å². The van der Waals surface area contributed by atoms with Gasteiger partial charge in [-0.1, -0.05) is 13.0 Å². The molecule has 22 heavy (non-hydrogen) atoms. The van der Waals surface area contributed by atoms with Crippen LogP contribution in [0, 0.1) is 12.8 Å². The topological polar surface area (TPSA) is 72.6 Å². The number of benzene rings is 1. The molecule has 0 spiro atoms. The molecular formula is C15H25ClN2O3S. The van der Waals surface area contributed by atoms with Gasteiger partial charge in [-0.2, -0.15) is 4.31 Å². The van der Waals surface area contributed by atoms with Gasteiger partial charge in [0.15, 0.2) is 0 Å². The van der Waals surface area contributed by atoms with Gasteiger partial charge >= 0.3 is 0 Å². The zero-order valence-corrected chi connectivity index (χ0v) is 14.9. The van der Waals surface area contributed by atoms with Crippen molar-refractivity contribution in [3.05, 3.63) is 23.8 Å². The van der Waals surface area contributed by atoms with E-state index in [1.165, 1.54) is 7.11 Å². The van der Waals surface area contributed by atoms with Gasteiger partial charge in [-0.3, -0.25) is 0 Å². The third-order valence-corrected chi connectivity index (χ3v) is 6.16. The highest BCUT2D eigenvalue weighted by molar-refractivity contribution is 7.89. The van der Waals surface area contributed by atoms with Crippen LogP contribution in [0.2, 0.25) is 0 Å². The number of aryl methyl sites for hydroxylation is 1. The Bertz CT molecular complexity index is 607. The summed E-state index contributed by atoms with van der Waals surface area (Å²) in [4.78, 5) is 0.234. The molecule has 1 aliphatic heterocycles. The highest BCUT2D eigenvalue weighted by Crippen LogP contribution is 2.33. The summed E-state index contributed by atoms with van der Waals surface area (Å²) in [6.07, 6.45) is 1.88. The molecule has 1 fully saturated rings. The van der Waals surface area contributed by atoms with Gasteiger partial charge in [-0.05, 0) is 43.4 Å². The summed E-state index contributed by atoms with van der Waals surface area (Å²) in [6, 6.07) is 5.07. The van der Waals surface area contributed by atoms with Crippen molar-refractivity contribution in [2.24, 2.45) is 11.7 Å². The van der Waals surface area contributed by atoms with Gasteiger partial charge in [-0.15, -0.1) is 12.4 Å². The molecule has 2 unspecified atom stereocenters. The van der Waals surface area contributed by atoms with Crippen molar-refractivity contribution in [3.8, 4) is 5.75 Å². The molecular weight excluding hydrogens is 324 g/mol. The molecule has 5 nitrogen and oxygen atoms in total. The summed E-state index contributed by atoms with van der Waals surface area (Å²) in [5, 5.41) is 0. The molecule has 7 heteroatoms. The van der Waals surface area contributed by atoms with E-state index in [1.54, 1.807) is 16.4 Å². The van der Waals surface area contributed by atoms with E-state index in [0.29, 0.717) is 18.8 Å². The van der Waals surface area contributed by atoms with E-state index in [-0.39, 0.29) is 29.3 Å². The maximum atomic E-state index is 13.0. The average Bonchev–Trinajstić information content (AvgIpc) is 2.46. The summed E-state index contributed by atoms with van der Waals surface area (Å²) in [6.45, 7) is 4.80. The minimum absolute atomic E-state index is 0. The molecule has 0 amide bonds. The van der Waals surface area contributed by atoms with Crippen molar-refractivity contribution in [1.29, 1.82) is 0 Å². The zero-order valence-electron chi connectivity index (χ0n) is 13.3. The van der Waals surface area contributed by atoms with Crippen LogP contribution in [-0.4, -0.2) is 39.0 Å². The van der Waals surface area contributed by atoms with Gasteiger partial charge in [0.05, 0.1) is 7.11 Å². The van der Waals surface area contributed by atoms with Gasteiger partial charge in [0.25, 0.3) is 0 Å². The lowest BCUT2D eigenvalue weighted by atomic mass is 9.93. The van der Waals surface area contributed by atoms with Crippen molar-refractivity contribution in [2.45, 2.75) is 37.6 Å². The number of ether oxygens (including phenoxy) is 1. The summed E-state index contributed by atoms with van der Waals surface area (Å²) in [5.74, 6) is 0.656. The van der Waals surface area contributed by atoms with Crippen molar-refractivity contribution in [1.82, 2.24) is 4.31 Å². The van der Waals surface area contributed by atoms with E-state index in [0.717, 1.165) is 18.4 Å². The Labute approximate surface area is 139 Å². The lowest BCUT2D eigenvalue weighted by Gasteiger charge is -2.38. The Balaban J connectivity index is 0.00000242. The molecule has 0 aliphatic carbocycles. The first kappa shape index (κ1) is 19.2. The van der Waals surface area contributed by atoms with Crippen LogP contribution in [0.1, 0.15) is 25.3 Å². The normalized spacial score (nSPS) is 22.9. The quantitative estimate of drug-likeness (QED) is 0.905. The van der Waals surface area contributed by atoms with Crippen LogP contribution in [0.5, 0.6) is 5.75 Å². The maximum absolute atomic E-state index is 13.0. The summed E-state index contributed by atoms with van der Waals surface area (Å²) >= 11 is 0. The Morgan fingerprint density at radius 2 is 2.09 bits per heavy atom. The van der Waals surface area contributed by atoms with Gasteiger partial charge in [0.1, 0.15) is 10.6 Å². The van der Waals surface area contributed by atoms with E-state index in [9.17, 15) is 8.42 Å². The van der Waals surface area contributed by atoms with Crippen molar-refractivity contribution < 1.29 is 13.2 Å². The highest BCUT2D eigenvalue weighted by atomic mass is 35.5. The predicted molar refractivity (Wildman–Crippen MR) is 90.1 cm³/mol. The lowest BCUT2D eigenvalue weighted by Crippen LogP contribution is -2.51. The summed E-state index contributed by atoms with van der Waals surface area (Å²) in [7, 11) is -2.10. The third kappa shape index (κ3) is 3.56. The molecule has 126 valence electrons. The molecule has 1 saturated heterocycles. The number of hydrogen-bond acceptors (Lipinski definition) is 4. The number of rotatable bonds is 4. The summed E-state index contributed by atoms with van der Waals surface area (Å²) in [5.41, 5.74) is 6.71. The van der Waals surface area contributed by atoms with Gasteiger partial charge in [0.2, 0.25) is 10.0 Å². The van der Waals surface area contributed by atoms with Crippen LogP contribution in [0.3, 0.4) is 0 Å². The van der Waals surface area contributed by atoms with E-state index >= 15 is 0 Å². The molecule has 0 radical (unpaired) electrons. The SMILES string of the molecule is COc1ccc(C)cc1S(=O)(=O)N1CCCC(C)C1CN.Cl. The molecule has 2 N–H and O–H groups in total. The molecule has 1 aromatic carbocycles. The zero-order chi connectivity index (χ0) is 15.6. The molecule has 1 heterocycles. The number of methoxy groups -OCH3 is 1. The number of sulfonamides is 1. The van der Waals surface area contributed by atoms with E-state index in [1.807, 2.05) is 13.0 Å². The average molecular weight is 349 g/mol. The largest absolute Gasteiger partial charge is 0.495 e. The highest BCUT2D eigenvalue weighted by Gasteiger charge is 2.37. The van der Waals surface area contributed by atoms with Crippen LogP contribution < -0.4 is 10.5 Å². The first-order chi connectivity index (χ1) is 9.91. The lowest BCUT2D eigenvalue weighted by molar-refractivity contribution is 0.192. The summed E-state index contributed by atoms with van der Waals surface area (Å²) < 4.78 is 32.8. The van der Waals surface area contributed by atoms with E-state index in [4.69, 9.17) is 10.5 Å². The fourth-order valence-electron chi connectivity index (χ4n) is 2.97. The molecule has 1 aromatic rings. The minimum atomic E-state index is -3.59. The number of nitrogens with two attached hydrogens (primary N) is 1. The number of piperidine rings is 1. The Hall–Kier alpha value is -0.820. The predicted octanol–water partition coefficient (Wildman–Crippen LogP) is 2.17. The number of halogens is 1. The monoisotopic (exact) mass is 348 g/mol. The minimum Gasteiger partial charge on any atom is -0.495 e. The number of hydrogen-bond donors (Lipinski definition) is 1. The molecule has 2 rings (SSSR count). The van der Waals surface area contributed by atoms with Crippen LogP contribution in [0.15, 0.2) is 23.1 Å². The smallest absolute Gasteiger partial charge is 0.247 e. The van der Waals surface area contributed by atoms with Crippen LogP contribution in [0.25, 0.3) is 0 Å². The number of nitrogens with zero attached hydrogens (tertiary/aromatic N) is 1.